The van der Waals surface area contributed by atoms with E-state index in [9.17, 15) is 17.6 Å². The molecule has 0 spiro atoms. The maximum atomic E-state index is 13.0. The molecule has 0 aliphatic carbocycles. The van der Waals surface area contributed by atoms with Crippen LogP contribution in [0.2, 0.25) is 0 Å². The smallest absolute Gasteiger partial charge is 0.177 e. The molecule has 0 amide bonds. The van der Waals surface area contributed by atoms with E-state index in [1.807, 2.05) is 13.0 Å². The number of sulfone groups is 1. The maximum absolute atomic E-state index is 13.0. The lowest BCUT2D eigenvalue weighted by atomic mass is 10.1. The highest BCUT2D eigenvalue weighted by molar-refractivity contribution is 7.91. The summed E-state index contributed by atoms with van der Waals surface area (Å²) in [5, 5.41) is 0. The van der Waals surface area contributed by atoms with Gasteiger partial charge in [-0.1, -0.05) is 42.0 Å². The Balaban J connectivity index is 2.12. The topological polar surface area (TPSA) is 51.2 Å². The van der Waals surface area contributed by atoms with Gasteiger partial charge in [0.15, 0.2) is 15.6 Å². The predicted molar refractivity (Wildman–Crippen MR) is 79.4 cm³/mol. The van der Waals surface area contributed by atoms with E-state index in [1.165, 1.54) is 18.2 Å². The van der Waals surface area contributed by atoms with Gasteiger partial charge in [0.2, 0.25) is 0 Å². The normalized spacial score (nSPS) is 11.3. The number of hydrogen-bond acceptors (Lipinski definition) is 3. The van der Waals surface area contributed by atoms with Crippen molar-refractivity contribution in [1.82, 2.24) is 0 Å². The Morgan fingerprint density at radius 2 is 1.81 bits per heavy atom. The van der Waals surface area contributed by atoms with Crippen LogP contribution < -0.4 is 0 Å². The first-order chi connectivity index (χ1) is 9.85. The lowest BCUT2D eigenvalue weighted by Crippen LogP contribution is -2.18. The summed E-state index contributed by atoms with van der Waals surface area (Å²) in [4.78, 5) is 11.9. The highest BCUT2D eigenvalue weighted by Crippen LogP contribution is 2.12. The maximum Gasteiger partial charge on any atom is 0.177 e. The molecule has 0 atom stereocenters. The van der Waals surface area contributed by atoms with E-state index >= 15 is 0 Å². The van der Waals surface area contributed by atoms with Crippen molar-refractivity contribution in [3.05, 3.63) is 71.0 Å². The summed E-state index contributed by atoms with van der Waals surface area (Å²) < 4.78 is 37.2. The SMILES string of the molecule is Cc1cccc(CS(=O)(=O)CC(=O)c2cccc(F)c2)c1. The molecule has 0 unspecified atom stereocenters. The molecule has 0 heterocycles. The summed E-state index contributed by atoms with van der Waals surface area (Å²) in [5.41, 5.74) is 1.67. The number of carbonyl (C=O) groups excluding carboxylic acids is 1. The zero-order valence-electron chi connectivity index (χ0n) is 11.5. The second-order valence-electron chi connectivity index (χ2n) is 4.95. The minimum Gasteiger partial charge on any atom is -0.293 e. The van der Waals surface area contributed by atoms with Crippen LogP contribution in [-0.4, -0.2) is 20.0 Å². The molecule has 0 radical (unpaired) electrons. The van der Waals surface area contributed by atoms with Crippen LogP contribution in [0.5, 0.6) is 0 Å². The van der Waals surface area contributed by atoms with E-state index < -0.39 is 27.2 Å². The number of hydrogen-bond donors (Lipinski definition) is 0. The van der Waals surface area contributed by atoms with Crippen LogP contribution in [0.4, 0.5) is 4.39 Å². The number of benzene rings is 2. The van der Waals surface area contributed by atoms with Crippen molar-refractivity contribution in [1.29, 1.82) is 0 Å². The molecule has 0 fully saturated rings. The van der Waals surface area contributed by atoms with Crippen molar-refractivity contribution in [3.8, 4) is 0 Å². The zero-order chi connectivity index (χ0) is 15.5. The highest BCUT2D eigenvalue weighted by atomic mass is 32.2. The van der Waals surface area contributed by atoms with Crippen LogP contribution in [0.25, 0.3) is 0 Å². The Labute approximate surface area is 123 Å². The van der Waals surface area contributed by atoms with Gasteiger partial charge in [-0.2, -0.15) is 0 Å². The summed E-state index contributed by atoms with van der Waals surface area (Å²) >= 11 is 0. The van der Waals surface area contributed by atoms with E-state index in [-0.39, 0.29) is 11.3 Å². The monoisotopic (exact) mass is 306 g/mol. The van der Waals surface area contributed by atoms with Gasteiger partial charge in [-0.3, -0.25) is 4.79 Å². The first kappa shape index (κ1) is 15.4. The lowest BCUT2D eigenvalue weighted by Gasteiger charge is -2.05. The van der Waals surface area contributed by atoms with Crippen LogP contribution in [0.3, 0.4) is 0 Å². The minimum absolute atomic E-state index is 0.0721. The molecule has 3 nitrogen and oxygen atoms in total. The third-order valence-electron chi connectivity index (χ3n) is 2.97. The molecular formula is C16H15FO3S. The number of aryl methyl sites for hydroxylation is 1. The molecule has 0 aromatic heterocycles. The van der Waals surface area contributed by atoms with E-state index in [2.05, 4.69) is 0 Å². The van der Waals surface area contributed by atoms with Crippen LogP contribution in [0.1, 0.15) is 21.5 Å². The summed E-state index contributed by atoms with van der Waals surface area (Å²) in [6.45, 7) is 1.87. The number of carbonyl (C=O) groups is 1. The molecule has 0 aliphatic rings. The van der Waals surface area contributed by atoms with Gasteiger partial charge < -0.3 is 0 Å². The van der Waals surface area contributed by atoms with E-state index in [0.717, 1.165) is 11.6 Å². The third kappa shape index (κ3) is 4.49. The van der Waals surface area contributed by atoms with Crippen molar-refractivity contribution in [3.63, 3.8) is 0 Å². The molecule has 5 heteroatoms. The summed E-state index contributed by atoms with van der Waals surface area (Å²) in [6, 6.07) is 12.2. The molecule has 21 heavy (non-hydrogen) atoms. The summed E-state index contributed by atoms with van der Waals surface area (Å²) in [5.74, 6) is -1.97. The van der Waals surface area contributed by atoms with Gasteiger partial charge >= 0.3 is 0 Å². The highest BCUT2D eigenvalue weighted by Gasteiger charge is 2.19. The van der Waals surface area contributed by atoms with E-state index in [1.54, 1.807) is 18.2 Å². The fraction of sp³-hybridized carbons (Fsp3) is 0.188. The zero-order valence-corrected chi connectivity index (χ0v) is 12.4. The van der Waals surface area contributed by atoms with Crippen LogP contribution in [-0.2, 0) is 15.6 Å². The molecule has 0 N–H and O–H groups in total. The Kier molecular flexibility index (Phi) is 4.53. The quantitative estimate of drug-likeness (QED) is 0.798. The van der Waals surface area contributed by atoms with Crippen molar-refractivity contribution in [2.75, 3.05) is 5.75 Å². The standard InChI is InChI=1S/C16H15FO3S/c1-12-4-2-5-13(8-12)10-21(19,20)11-16(18)14-6-3-7-15(17)9-14/h2-9H,10-11H2,1H3. The fourth-order valence-corrected chi connectivity index (χ4v) is 3.41. The molecular weight excluding hydrogens is 291 g/mol. The minimum atomic E-state index is -3.58. The van der Waals surface area contributed by atoms with Gasteiger partial charge in [0.25, 0.3) is 0 Å². The average molecular weight is 306 g/mol. The number of ketones is 1. The van der Waals surface area contributed by atoms with Crippen LogP contribution >= 0.6 is 0 Å². The van der Waals surface area contributed by atoms with E-state index in [0.29, 0.717) is 5.56 Å². The number of Topliss-reactive ketones (excluding diaryl/α,β-unsaturated/α-hetero) is 1. The van der Waals surface area contributed by atoms with Gasteiger partial charge in [-0.05, 0) is 24.6 Å². The first-order valence-corrected chi connectivity index (χ1v) is 8.22. The van der Waals surface area contributed by atoms with Crippen molar-refractivity contribution in [2.45, 2.75) is 12.7 Å². The van der Waals surface area contributed by atoms with Crippen molar-refractivity contribution in [2.24, 2.45) is 0 Å². The van der Waals surface area contributed by atoms with Gasteiger partial charge in [0.1, 0.15) is 11.6 Å². The first-order valence-electron chi connectivity index (χ1n) is 6.40. The fourth-order valence-electron chi connectivity index (χ4n) is 2.05. The largest absolute Gasteiger partial charge is 0.293 e. The molecule has 0 aliphatic heterocycles. The predicted octanol–water partition coefficient (Wildman–Crippen LogP) is 2.93. The molecule has 110 valence electrons. The summed E-state index contributed by atoms with van der Waals surface area (Å²) in [6.07, 6.45) is 0. The number of halogens is 1. The van der Waals surface area contributed by atoms with Gasteiger partial charge in [-0.25, -0.2) is 12.8 Å². The average Bonchev–Trinajstić information content (AvgIpc) is 2.37. The van der Waals surface area contributed by atoms with Gasteiger partial charge in [-0.15, -0.1) is 0 Å². The molecule has 0 saturated carbocycles. The van der Waals surface area contributed by atoms with E-state index in [4.69, 9.17) is 0 Å². The molecule has 0 saturated heterocycles. The van der Waals surface area contributed by atoms with Gasteiger partial charge in [0.05, 0.1) is 5.75 Å². The van der Waals surface area contributed by atoms with Gasteiger partial charge in [0, 0.05) is 5.56 Å². The summed E-state index contributed by atoms with van der Waals surface area (Å²) in [7, 11) is -3.58. The second-order valence-corrected chi connectivity index (χ2v) is 7.02. The molecule has 2 aromatic rings. The second kappa shape index (κ2) is 6.18. The Morgan fingerprint density at radius 3 is 2.48 bits per heavy atom. The van der Waals surface area contributed by atoms with Crippen LogP contribution in [0, 0.1) is 12.7 Å². The molecule has 0 bridgehead atoms. The molecule has 2 aromatic carbocycles. The Bertz CT molecular complexity index is 767. The number of rotatable bonds is 5. The Morgan fingerprint density at radius 1 is 1.10 bits per heavy atom. The Hall–Kier alpha value is -2.01. The van der Waals surface area contributed by atoms with Crippen LogP contribution in [0.15, 0.2) is 48.5 Å². The third-order valence-corrected chi connectivity index (χ3v) is 4.44. The van der Waals surface area contributed by atoms with Crippen molar-refractivity contribution >= 4 is 15.6 Å². The lowest BCUT2D eigenvalue weighted by molar-refractivity contribution is 0.102. The van der Waals surface area contributed by atoms with Crippen molar-refractivity contribution < 1.29 is 17.6 Å². The molecule has 2 rings (SSSR count).